The SMILES string of the molecule is COC1CCCC2CC[C@@H]3[C@@H](CC[C@]4(C)C(=O)CC[C@@H]34)[C@]21C. The average molecular weight is 304 g/mol. The summed E-state index contributed by atoms with van der Waals surface area (Å²) in [6.45, 7) is 4.83. The second-order valence-electron chi connectivity index (χ2n) is 9.09. The van der Waals surface area contributed by atoms with Crippen molar-refractivity contribution in [3.8, 4) is 0 Å². The van der Waals surface area contributed by atoms with Gasteiger partial charge in [0.05, 0.1) is 6.10 Å². The molecule has 0 heterocycles. The fourth-order valence-corrected chi connectivity index (χ4v) is 7.43. The fourth-order valence-electron chi connectivity index (χ4n) is 7.43. The molecule has 4 aliphatic rings. The topological polar surface area (TPSA) is 26.3 Å². The molecular weight excluding hydrogens is 272 g/mol. The van der Waals surface area contributed by atoms with E-state index in [4.69, 9.17) is 4.74 Å². The van der Waals surface area contributed by atoms with Crippen LogP contribution >= 0.6 is 0 Å². The van der Waals surface area contributed by atoms with Crippen molar-refractivity contribution in [3.05, 3.63) is 0 Å². The highest BCUT2D eigenvalue weighted by molar-refractivity contribution is 5.87. The minimum atomic E-state index is 0.0155. The largest absolute Gasteiger partial charge is 0.381 e. The second kappa shape index (κ2) is 5.06. The van der Waals surface area contributed by atoms with E-state index in [1.165, 1.54) is 38.5 Å². The third-order valence-corrected chi connectivity index (χ3v) is 8.67. The van der Waals surface area contributed by atoms with Gasteiger partial charge in [-0.25, -0.2) is 0 Å². The Balaban J connectivity index is 1.68. The van der Waals surface area contributed by atoms with Crippen molar-refractivity contribution in [2.45, 2.75) is 77.7 Å². The van der Waals surface area contributed by atoms with Crippen molar-refractivity contribution < 1.29 is 9.53 Å². The van der Waals surface area contributed by atoms with Gasteiger partial charge >= 0.3 is 0 Å². The van der Waals surface area contributed by atoms with Crippen LogP contribution < -0.4 is 0 Å². The van der Waals surface area contributed by atoms with E-state index in [2.05, 4.69) is 13.8 Å². The molecule has 2 heteroatoms. The van der Waals surface area contributed by atoms with E-state index in [1.807, 2.05) is 7.11 Å². The summed E-state index contributed by atoms with van der Waals surface area (Å²) in [6, 6.07) is 0. The highest BCUT2D eigenvalue weighted by atomic mass is 16.5. The maximum atomic E-state index is 12.5. The molecule has 0 N–H and O–H groups in total. The molecule has 0 aliphatic heterocycles. The molecule has 2 unspecified atom stereocenters. The first-order chi connectivity index (χ1) is 10.5. The summed E-state index contributed by atoms with van der Waals surface area (Å²) in [7, 11) is 1.92. The molecule has 4 fully saturated rings. The molecular formula is C20H32O2. The third kappa shape index (κ3) is 1.79. The molecule has 0 spiro atoms. The van der Waals surface area contributed by atoms with Gasteiger partial charge in [0.2, 0.25) is 0 Å². The normalized spacial score (nSPS) is 54.5. The van der Waals surface area contributed by atoms with Gasteiger partial charge in [-0.2, -0.15) is 0 Å². The third-order valence-electron chi connectivity index (χ3n) is 8.67. The number of carbonyl (C=O) groups excluding carboxylic acids is 1. The minimum absolute atomic E-state index is 0.0155. The maximum absolute atomic E-state index is 12.5. The molecule has 22 heavy (non-hydrogen) atoms. The summed E-state index contributed by atoms with van der Waals surface area (Å²) in [5, 5.41) is 0. The van der Waals surface area contributed by atoms with Crippen molar-refractivity contribution in [3.63, 3.8) is 0 Å². The monoisotopic (exact) mass is 304 g/mol. The van der Waals surface area contributed by atoms with Crippen molar-refractivity contribution >= 4 is 5.78 Å². The quantitative estimate of drug-likeness (QED) is 0.707. The molecule has 0 bridgehead atoms. The Morgan fingerprint density at radius 2 is 1.82 bits per heavy atom. The van der Waals surface area contributed by atoms with Gasteiger partial charge in [-0.3, -0.25) is 4.79 Å². The number of ketones is 1. The summed E-state index contributed by atoms with van der Waals surface area (Å²) in [6.07, 6.45) is 11.6. The molecule has 2 nitrogen and oxygen atoms in total. The van der Waals surface area contributed by atoms with Gasteiger partial charge in [0.1, 0.15) is 5.78 Å². The first-order valence-corrected chi connectivity index (χ1v) is 9.58. The highest BCUT2D eigenvalue weighted by Gasteiger charge is 2.61. The van der Waals surface area contributed by atoms with E-state index in [1.54, 1.807) is 0 Å². The first kappa shape index (κ1) is 15.2. The van der Waals surface area contributed by atoms with Gasteiger partial charge in [0.15, 0.2) is 0 Å². The van der Waals surface area contributed by atoms with Crippen molar-refractivity contribution in [2.75, 3.05) is 7.11 Å². The van der Waals surface area contributed by atoms with Gasteiger partial charge in [0, 0.05) is 18.9 Å². The van der Waals surface area contributed by atoms with Gasteiger partial charge in [-0.05, 0) is 74.0 Å². The Bertz CT molecular complexity index is 464. The van der Waals surface area contributed by atoms with Crippen LogP contribution in [-0.4, -0.2) is 19.0 Å². The molecule has 124 valence electrons. The lowest BCUT2D eigenvalue weighted by molar-refractivity contribution is -0.171. The van der Waals surface area contributed by atoms with E-state index < -0.39 is 0 Å². The smallest absolute Gasteiger partial charge is 0.139 e. The average Bonchev–Trinajstić information content (AvgIpc) is 2.82. The Morgan fingerprint density at radius 3 is 2.59 bits per heavy atom. The van der Waals surface area contributed by atoms with Crippen LogP contribution in [0.3, 0.4) is 0 Å². The van der Waals surface area contributed by atoms with Crippen LogP contribution in [0.2, 0.25) is 0 Å². The molecule has 0 radical (unpaired) electrons. The van der Waals surface area contributed by atoms with Crippen LogP contribution in [0.1, 0.15) is 71.6 Å². The summed E-state index contributed by atoms with van der Waals surface area (Å²) in [5.41, 5.74) is 0.379. The van der Waals surface area contributed by atoms with Crippen molar-refractivity contribution in [2.24, 2.45) is 34.5 Å². The van der Waals surface area contributed by atoms with Crippen LogP contribution in [-0.2, 0) is 9.53 Å². The van der Waals surface area contributed by atoms with E-state index in [9.17, 15) is 4.79 Å². The Hall–Kier alpha value is -0.370. The zero-order valence-corrected chi connectivity index (χ0v) is 14.6. The zero-order chi connectivity index (χ0) is 15.5. The Morgan fingerprint density at radius 1 is 1.00 bits per heavy atom. The summed E-state index contributed by atoms with van der Waals surface area (Å²) in [5.74, 6) is 3.66. The van der Waals surface area contributed by atoms with Crippen LogP contribution in [0.15, 0.2) is 0 Å². The Labute approximate surface area is 135 Å². The number of carbonyl (C=O) groups is 1. The molecule has 4 saturated carbocycles. The lowest BCUT2D eigenvalue weighted by atomic mass is 9.44. The van der Waals surface area contributed by atoms with Crippen LogP contribution in [0.25, 0.3) is 0 Å². The summed E-state index contributed by atoms with van der Waals surface area (Å²) < 4.78 is 6.00. The molecule has 4 aliphatic carbocycles. The number of ether oxygens (including phenoxy) is 1. The molecule has 0 saturated heterocycles. The standard InChI is InChI=1S/C20H32O2/c1-19-12-11-16-14(15(19)9-10-17(19)21)8-7-13-5-4-6-18(22-3)20(13,16)2/h13-16,18H,4-12H2,1-3H3/t13?,14-,15-,16+,18?,19-,20-/m0/s1. The number of Topliss-reactive ketones (excluding diaryl/α,β-unsaturated/α-hetero) is 1. The lowest BCUT2D eigenvalue weighted by Gasteiger charge is -2.61. The number of methoxy groups -OCH3 is 1. The van der Waals surface area contributed by atoms with E-state index in [0.29, 0.717) is 23.2 Å². The molecule has 7 atom stereocenters. The number of hydrogen-bond acceptors (Lipinski definition) is 2. The summed E-state index contributed by atoms with van der Waals surface area (Å²) in [4.78, 5) is 12.5. The predicted molar refractivity (Wildman–Crippen MR) is 87.5 cm³/mol. The number of hydrogen-bond donors (Lipinski definition) is 0. The summed E-state index contributed by atoms with van der Waals surface area (Å²) >= 11 is 0. The lowest BCUT2D eigenvalue weighted by Crippen LogP contribution is -2.58. The number of fused-ring (bicyclic) bond motifs is 5. The van der Waals surface area contributed by atoms with Gasteiger partial charge in [-0.15, -0.1) is 0 Å². The highest BCUT2D eigenvalue weighted by Crippen LogP contribution is 2.65. The van der Waals surface area contributed by atoms with Crippen LogP contribution in [0, 0.1) is 34.5 Å². The fraction of sp³-hybridized carbons (Fsp3) is 0.950. The maximum Gasteiger partial charge on any atom is 0.139 e. The van der Waals surface area contributed by atoms with E-state index in [-0.39, 0.29) is 5.41 Å². The van der Waals surface area contributed by atoms with Crippen molar-refractivity contribution in [1.82, 2.24) is 0 Å². The molecule has 0 amide bonds. The molecule has 0 aromatic rings. The van der Waals surface area contributed by atoms with Gasteiger partial charge < -0.3 is 4.74 Å². The Kier molecular flexibility index (Phi) is 3.49. The van der Waals surface area contributed by atoms with Crippen LogP contribution in [0.5, 0.6) is 0 Å². The predicted octanol–water partition coefficient (Wildman–Crippen LogP) is 4.61. The molecule has 0 aromatic heterocycles. The van der Waals surface area contributed by atoms with Gasteiger partial charge in [0.25, 0.3) is 0 Å². The van der Waals surface area contributed by atoms with E-state index in [0.717, 1.165) is 37.0 Å². The van der Waals surface area contributed by atoms with Crippen molar-refractivity contribution in [1.29, 1.82) is 0 Å². The van der Waals surface area contributed by atoms with Crippen LogP contribution in [0.4, 0.5) is 0 Å². The minimum Gasteiger partial charge on any atom is -0.381 e. The number of rotatable bonds is 1. The van der Waals surface area contributed by atoms with E-state index >= 15 is 0 Å². The molecule has 0 aromatic carbocycles. The first-order valence-electron chi connectivity index (χ1n) is 9.58. The molecule has 4 rings (SSSR count). The van der Waals surface area contributed by atoms with Gasteiger partial charge in [-0.1, -0.05) is 20.3 Å². The zero-order valence-electron chi connectivity index (χ0n) is 14.6. The second-order valence-corrected chi connectivity index (χ2v) is 9.09.